The summed E-state index contributed by atoms with van der Waals surface area (Å²) in [5, 5.41) is 0. The molecule has 0 saturated carbocycles. The van der Waals surface area contributed by atoms with Crippen molar-refractivity contribution in [1.29, 1.82) is 0 Å². The molecule has 0 aromatic carbocycles. The zero-order chi connectivity index (χ0) is 6.04. The molecule has 1 heterocycles. The summed E-state index contributed by atoms with van der Waals surface area (Å²) in [5.41, 5.74) is 7.50. The highest BCUT2D eigenvalue weighted by atomic mass is 15.4. The first-order valence-electron chi connectivity index (χ1n) is 3.10. The highest BCUT2D eigenvalue weighted by Gasteiger charge is 2.20. The Labute approximate surface area is 50.6 Å². The quantitative estimate of drug-likeness (QED) is 0.487. The van der Waals surface area contributed by atoms with Gasteiger partial charge in [-0.15, -0.1) is 0 Å². The van der Waals surface area contributed by atoms with Crippen LogP contribution in [0.15, 0.2) is 0 Å². The second-order valence-corrected chi connectivity index (χ2v) is 3.13. The predicted molar refractivity (Wildman–Crippen MR) is 33.4 cm³/mol. The average molecular weight is 113 g/mol. The molecular weight excluding hydrogens is 100 g/mol. The minimum absolute atomic E-state index is 0.474. The molecule has 47 valence electrons. The molecule has 0 atom stereocenters. The monoisotopic (exact) mass is 113 g/mol. The van der Waals surface area contributed by atoms with Crippen LogP contribution in [0, 0.1) is 5.41 Å². The number of hydrogen-bond acceptors (Lipinski definition) is 1. The molecule has 1 rings (SSSR count). The molecule has 0 spiro atoms. The maximum absolute atomic E-state index is 4.02. The molecular formula is C6H13N2. The fourth-order valence-corrected chi connectivity index (χ4v) is 0.796. The Morgan fingerprint density at radius 2 is 2.25 bits per heavy atom. The molecule has 0 amide bonds. The lowest BCUT2D eigenvalue weighted by Crippen LogP contribution is -2.42. The summed E-state index contributed by atoms with van der Waals surface area (Å²) in [7, 11) is 0. The molecule has 1 aliphatic heterocycles. The average Bonchev–Trinajstić information content (AvgIpc) is 1.65. The number of rotatable bonds is 0. The zero-order valence-corrected chi connectivity index (χ0v) is 5.57. The van der Waals surface area contributed by atoms with Crippen LogP contribution in [0.3, 0.4) is 0 Å². The third kappa shape index (κ3) is 1.46. The molecule has 2 heteroatoms. The maximum Gasteiger partial charge on any atom is 0.0309 e. The van der Waals surface area contributed by atoms with Gasteiger partial charge < -0.3 is 0 Å². The van der Waals surface area contributed by atoms with E-state index in [4.69, 9.17) is 0 Å². The third-order valence-electron chi connectivity index (χ3n) is 1.57. The van der Waals surface area contributed by atoms with E-state index in [1.807, 2.05) is 0 Å². The zero-order valence-electron chi connectivity index (χ0n) is 5.57. The van der Waals surface area contributed by atoms with E-state index in [0.29, 0.717) is 5.41 Å². The number of hydrogen-bond donors (Lipinski definition) is 1. The van der Waals surface area contributed by atoms with E-state index < -0.39 is 0 Å². The van der Waals surface area contributed by atoms with Crippen LogP contribution in [-0.4, -0.2) is 13.1 Å². The van der Waals surface area contributed by atoms with Crippen molar-refractivity contribution in [2.45, 2.75) is 20.3 Å². The van der Waals surface area contributed by atoms with E-state index in [2.05, 4.69) is 24.7 Å². The van der Waals surface area contributed by atoms with Crippen molar-refractivity contribution in [3.05, 3.63) is 0 Å². The Morgan fingerprint density at radius 3 is 2.50 bits per heavy atom. The SMILES string of the molecule is CC1(C)CC[N]NC1. The molecule has 2 nitrogen and oxygen atoms in total. The summed E-state index contributed by atoms with van der Waals surface area (Å²) in [4.78, 5) is 0. The molecule has 1 saturated heterocycles. The van der Waals surface area contributed by atoms with Crippen LogP contribution in [0.2, 0.25) is 0 Å². The molecule has 1 N–H and O–H groups in total. The van der Waals surface area contributed by atoms with Crippen LogP contribution in [0.4, 0.5) is 0 Å². The van der Waals surface area contributed by atoms with Crippen LogP contribution >= 0.6 is 0 Å². The van der Waals surface area contributed by atoms with Crippen molar-refractivity contribution < 1.29 is 0 Å². The highest BCUT2D eigenvalue weighted by Crippen LogP contribution is 2.19. The first-order valence-corrected chi connectivity index (χ1v) is 3.10. The van der Waals surface area contributed by atoms with Crippen LogP contribution in [0.1, 0.15) is 20.3 Å². The first-order chi connectivity index (χ1) is 3.71. The van der Waals surface area contributed by atoms with Crippen molar-refractivity contribution in [3.63, 3.8) is 0 Å². The topological polar surface area (TPSA) is 26.1 Å². The first kappa shape index (κ1) is 6.05. The lowest BCUT2D eigenvalue weighted by atomic mass is 9.89. The number of nitrogens with zero attached hydrogens (tertiary/aromatic N) is 1. The van der Waals surface area contributed by atoms with Crippen molar-refractivity contribution >= 4 is 0 Å². The van der Waals surface area contributed by atoms with Gasteiger partial charge in [0.2, 0.25) is 0 Å². The van der Waals surface area contributed by atoms with Gasteiger partial charge in [-0.05, 0) is 11.8 Å². The van der Waals surface area contributed by atoms with Gasteiger partial charge in [0.15, 0.2) is 0 Å². The summed E-state index contributed by atoms with van der Waals surface area (Å²) in [6.45, 7) is 6.53. The van der Waals surface area contributed by atoms with Crippen molar-refractivity contribution in [1.82, 2.24) is 10.9 Å². The van der Waals surface area contributed by atoms with E-state index >= 15 is 0 Å². The highest BCUT2D eigenvalue weighted by molar-refractivity contribution is 4.74. The Bertz CT molecular complexity index is 70.6. The normalized spacial score (nSPS) is 27.8. The standard InChI is InChI=1S/C6H13N2/c1-6(2)3-4-7-8-5-6/h8H,3-5H2,1-2H3. The van der Waals surface area contributed by atoms with Gasteiger partial charge in [-0.3, -0.25) is 0 Å². The van der Waals surface area contributed by atoms with Gasteiger partial charge in [0.1, 0.15) is 0 Å². The molecule has 0 aromatic rings. The molecule has 0 aromatic heterocycles. The lowest BCUT2D eigenvalue weighted by Gasteiger charge is -2.28. The molecule has 1 radical (unpaired) electrons. The Hall–Kier alpha value is -0.0800. The van der Waals surface area contributed by atoms with Crippen LogP contribution in [0.5, 0.6) is 0 Å². The molecule has 0 bridgehead atoms. The maximum atomic E-state index is 4.02. The Morgan fingerprint density at radius 1 is 1.50 bits per heavy atom. The van der Waals surface area contributed by atoms with Gasteiger partial charge in [-0.25, -0.2) is 5.43 Å². The van der Waals surface area contributed by atoms with E-state index in [1.54, 1.807) is 0 Å². The molecule has 8 heavy (non-hydrogen) atoms. The summed E-state index contributed by atoms with van der Waals surface area (Å²) in [5.74, 6) is 0. The second-order valence-electron chi connectivity index (χ2n) is 3.13. The van der Waals surface area contributed by atoms with Gasteiger partial charge in [0.05, 0.1) is 0 Å². The minimum atomic E-state index is 0.474. The van der Waals surface area contributed by atoms with E-state index in [-0.39, 0.29) is 0 Å². The third-order valence-corrected chi connectivity index (χ3v) is 1.57. The molecule has 1 aliphatic rings. The predicted octanol–water partition coefficient (Wildman–Crippen LogP) is 0.525. The van der Waals surface area contributed by atoms with Gasteiger partial charge >= 0.3 is 0 Å². The van der Waals surface area contributed by atoms with Crippen LogP contribution < -0.4 is 10.9 Å². The van der Waals surface area contributed by atoms with E-state index in [0.717, 1.165) is 13.1 Å². The Kier molecular flexibility index (Phi) is 1.54. The summed E-state index contributed by atoms with van der Waals surface area (Å²) in [6, 6.07) is 0. The van der Waals surface area contributed by atoms with Crippen LogP contribution in [0.25, 0.3) is 0 Å². The molecule has 1 fully saturated rings. The van der Waals surface area contributed by atoms with Gasteiger partial charge in [0.25, 0.3) is 0 Å². The van der Waals surface area contributed by atoms with Gasteiger partial charge in [-0.1, -0.05) is 13.8 Å². The van der Waals surface area contributed by atoms with Gasteiger partial charge in [-0.2, -0.15) is 5.43 Å². The van der Waals surface area contributed by atoms with E-state index in [1.165, 1.54) is 6.42 Å². The summed E-state index contributed by atoms with van der Waals surface area (Å²) >= 11 is 0. The minimum Gasteiger partial charge on any atom is -0.240 e. The largest absolute Gasteiger partial charge is 0.240 e. The van der Waals surface area contributed by atoms with Crippen molar-refractivity contribution in [3.8, 4) is 0 Å². The number of nitrogens with one attached hydrogen (secondary N) is 1. The molecule has 0 aliphatic carbocycles. The van der Waals surface area contributed by atoms with Crippen molar-refractivity contribution in [2.24, 2.45) is 5.41 Å². The lowest BCUT2D eigenvalue weighted by molar-refractivity contribution is 0.235. The second kappa shape index (κ2) is 2.03. The summed E-state index contributed by atoms with van der Waals surface area (Å²) < 4.78 is 0. The fraction of sp³-hybridized carbons (Fsp3) is 1.00. The summed E-state index contributed by atoms with van der Waals surface area (Å²) in [6.07, 6.45) is 1.22. The fourth-order valence-electron chi connectivity index (χ4n) is 0.796. The Balaban J connectivity index is 2.33. The van der Waals surface area contributed by atoms with Gasteiger partial charge in [0, 0.05) is 13.1 Å². The van der Waals surface area contributed by atoms with Crippen molar-refractivity contribution in [2.75, 3.05) is 13.1 Å². The smallest absolute Gasteiger partial charge is 0.0309 e. The molecule has 0 unspecified atom stereocenters. The van der Waals surface area contributed by atoms with E-state index in [9.17, 15) is 0 Å². The van der Waals surface area contributed by atoms with Crippen LogP contribution in [-0.2, 0) is 0 Å².